The molecule has 1 aliphatic heterocycles. The highest BCUT2D eigenvalue weighted by molar-refractivity contribution is 5.80. The lowest BCUT2D eigenvalue weighted by Crippen LogP contribution is -2.03. The maximum Gasteiger partial charge on any atom is 0.274 e. The van der Waals surface area contributed by atoms with Gasteiger partial charge in [0.15, 0.2) is 11.3 Å². The number of rotatable bonds is 2. The molecule has 106 valence electrons. The van der Waals surface area contributed by atoms with Crippen LogP contribution < -0.4 is 5.43 Å². The normalized spacial score (nSPS) is 18.4. The Hall–Kier alpha value is -2.47. The number of ether oxygens (including phenoxy) is 1. The zero-order chi connectivity index (χ0) is 14.2. The van der Waals surface area contributed by atoms with Gasteiger partial charge in [0.1, 0.15) is 5.69 Å². The number of pyridine rings is 1. The number of fused-ring (bicyclic) bond motifs is 1. The van der Waals surface area contributed by atoms with Crippen LogP contribution in [0.5, 0.6) is 0 Å². The summed E-state index contributed by atoms with van der Waals surface area (Å²) >= 11 is 0. The summed E-state index contributed by atoms with van der Waals surface area (Å²) in [6.45, 7) is 1.34. The van der Waals surface area contributed by atoms with Crippen molar-refractivity contribution in [3.63, 3.8) is 0 Å². The largest absolute Gasteiger partial charge is 0.381 e. The van der Waals surface area contributed by atoms with Crippen LogP contribution in [0, 0.1) is 0 Å². The van der Waals surface area contributed by atoms with E-state index in [2.05, 4.69) is 15.1 Å². The molecule has 4 rings (SSSR count). The van der Waals surface area contributed by atoms with Crippen LogP contribution >= 0.6 is 0 Å². The molecule has 0 unspecified atom stereocenters. The van der Waals surface area contributed by atoms with E-state index >= 15 is 0 Å². The fourth-order valence-electron chi connectivity index (χ4n) is 2.56. The number of nitrogens with zero attached hydrogens (tertiary/aromatic N) is 2. The summed E-state index contributed by atoms with van der Waals surface area (Å²) in [7, 11) is 0. The monoisotopic (exact) mass is 283 g/mol. The lowest BCUT2D eigenvalue weighted by molar-refractivity contribution is 0.192. The minimum absolute atomic E-state index is 0.0664. The van der Waals surface area contributed by atoms with E-state index in [0.29, 0.717) is 29.4 Å². The summed E-state index contributed by atoms with van der Waals surface area (Å²) in [5, 5.41) is 4.64. The Morgan fingerprint density at radius 1 is 1.29 bits per heavy atom. The van der Waals surface area contributed by atoms with Gasteiger partial charge >= 0.3 is 0 Å². The summed E-state index contributed by atoms with van der Waals surface area (Å²) in [6, 6.07) is 8.83. The van der Waals surface area contributed by atoms with E-state index in [1.165, 1.54) is 6.07 Å². The standard InChI is InChI=1S/C15H13N3O3/c19-13-7-12(16-11-4-2-1-3-10(11)13)15-17-14(18-21-15)9-5-6-20-8-9/h1-4,7,9H,5-6,8H2,(H,16,19)/t9-/m1/s1. The summed E-state index contributed by atoms with van der Waals surface area (Å²) in [5.41, 5.74) is 1.23. The highest BCUT2D eigenvalue weighted by Crippen LogP contribution is 2.25. The van der Waals surface area contributed by atoms with Gasteiger partial charge < -0.3 is 14.2 Å². The van der Waals surface area contributed by atoms with E-state index in [0.717, 1.165) is 18.5 Å². The van der Waals surface area contributed by atoms with Crippen LogP contribution in [0.3, 0.4) is 0 Å². The van der Waals surface area contributed by atoms with Gasteiger partial charge in [0.25, 0.3) is 5.89 Å². The maximum atomic E-state index is 12.1. The molecular weight excluding hydrogens is 270 g/mol. The zero-order valence-electron chi connectivity index (χ0n) is 11.2. The van der Waals surface area contributed by atoms with Gasteiger partial charge in [0.2, 0.25) is 0 Å². The van der Waals surface area contributed by atoms with Crippen LogP contribution in [0.4, 0.5) is 0 Å². The molecule has 0 aliphatic carbocycles. The molecule has 1 saturated heterocycles. The molecule has 6 nitrogen and oxygen atoms in total. The fraction of sp³-hybridized carbons (Fsp3) is 0.267. The first-order valence-electron chi connectivity index (χ1n) is 6.85. The van der Waals surface area contributed by atoms with E-state index in [9.17, 15) is 4.79 Å². The van der Waals surface area contributed by atoms with Gasteiger partial charge in [0, 0.05) is 29.5 Å². The third-order valence-electron chi connectivity index (χ3n) is 3.70. The molecule has 0 saturated carbocycles. The van der Waals surface area contributed by atoms with Crippen LogP contribution in [-0.4, -0.2) is 28.3 Å². The van der Waals surface area contributed by atoms with E-state index < -0.39 is 0 Å². The maximum absolute atomic E-state index is 12.1. The molecule has 0 spiro atoms. The predicted molar refractivity (Wildman–Crippen MR) is 76.0 cm³/mol. The minimum atomic E-state index is -0.0664. The van der Waals surface area contributed by atoms with Gasteiger partial charge in [-0.15, -0.1) is 0 Å². The third kappa shape index (κ3) is 2.13. The van der Waals surface area contributed by atoms with E-state index in [-0.39, 0.29) is 11.3 Å². The van der Waals surface area contributed by atoms with Gasteiger partial charge in [-0.05, 0) is 18.6 Å². The molecule has 1 N–H and O–H groups in total. The van der Waals surface area contributed by atoms with Crippen LogP contribution in [0.25, 0.3) is 22.5 Å². The second-order valence-electron chi connectivity index (χ2n) is 5.11. The van der Waals surface area contributed by atoms with Crippen molar-refractivity contribution in [1.29, 1.82) is 0 Å². The van der Waals surface area contributed by atoms with Crippen molar-refractivity contribution in [2.45, 2.75) is 12.3 Å². The number of nitrogens with one attached hydrogen (secondary N) is 1. The molecule has 2 aromatic heterocycles. The number of hydrogen-bond acceptors (Lipinski definition) is 5. The van der Waals surface area contributed by atoms with Crippen molar-refractivity contribution in [1.82, 2.24) is 15.1 Å². The zero-order valence-corrected chi connectivity index (χ0v) is 11.2. The lowest BCUT2D eigenvalue weighted by Gasteiger charge is -2.00. The quantitative estimate of drug-likeness (QED) is 0.778. The van der Waals surface area contributed by atoms with Crippen molar-refractivity contribution in [2.75, 3.05) is 13.2 Å². The Morgan fingerprint density at radius 2 is 2.19 bits per heavy atom. The smallest absolute Gasteiger partial charge is 0.274 e. The first-order chi connectivity index (χ1) is 10.3. The van der Waals surface area contributed by atoms with Gasteiger partial charge in [-0.2, -0.15) is 4.98 Å². The van der Waals surface area contributed by atoms with Crippen LogP contribution in [0.1, 0.15) is 18.2 Å². The van der Waals surface area contributed by atoms with Gasteiger partial charge in [0.05, 0.1) is 6.61 Å². The van der Waals surface area contributed by atoms with E-state index in [4.69, 9.17) is 9.26 Å². The fourth-order valence-corrected chi connectivity index (χ4v) is 2.56. The van der Waals surface area contributed by atoms with E-state index in [1.54, 1.807) is 6.07 Å². The molecule has 1 aliphatic rings. The highest BCUT2D eigenvalue weighted by Gasteiger charge is 2.23. The Balaban J connectivity index is 1.78. The van der Waals surface area contributed by atoms with Crippen molar-refractivity contribution >= 4 is 10.9 Å². The first kappa shape index (κ1) is 12.3. The van der Waals surface area contributed by atoms with E-state index in [1.807, 2.05) is 18.2 Å². The molecular formula is C15H13N3O3. The van der Waals surface area contributed by atoms with Crippen LogP contribution in [0.2, 0.25) is 0 Å². The summed E-state index contributed by atoms with van der Waals surface area (Å²) in [5.74, 6) is 1.14. The summed E-state index contributed by atoms with van der Waals surface area (Å²) in [6.07, 6.45) is 0.896. The second-order valence-corrected chi connectivity index (χ2v) is 5.11. The van der Waals surface area contributed by atoms with Crippen molar-refractivity contribution < 1.29 is 9.26 Å². The topological polar surface area (TPSA) is 81.0 Å². The van der Waals surface area contributed by atoms with Crippen LogP contribution in [0.15, 0.2) is 39.6 Å². The Bertz CT molecular complexity index is 846. The Labute approximate surface area is 119 Å². The number of H-pyrrole nitrogens is 1. The predicted octanol–water partition coefficient (Wildman–Crippen LogP) is 2.08. The number of para-hydroxylation sites is 1. The van der Waals surface area contributed by atoms with Crippen LogP contribution in [-0.2, 0) is 4.74 Å². The number of benzene rings is 1. The minimum Gasteiger partial charge on any atom is -0.381 e. The molecule has 3 aromatic rings. The molecule has 0 amide bonds. The molecule has 1 atom stereocenters. The number of aromatic amines is 1. The van der Waals surface area contributed by atoms with Crippen molar-refractivity contribution in [2.24, 2.45) is 0 Å². The van der Waals surface area contributed by atoms with Crippen molar-refractivity contribution in [3.8, 4) is 11.6 Å². The molecule has 0 radical (unpaired) electrons. The molecule has 6 heteroatoms. The lowest BCUT2D eigenvalue weighted by atomic mass is 10.1. The summed E-state index contributed by atoms with van der Waals surface area (Å²) < 4.78 is 10.6. The average molecular weight is 283 g/mol. The molecule has 1 fully saturated rings. The SMILES string of the molecule is O=c1cc(-c2nc([C@@H]3CCOC3)no2)[nH]c2ccccc12. The summed E-state index contributed by atoms with van der Waals surface area (Å²) in [4.78, 5) is 19.6. The van der Waals surface area contributed by atoms with Crippen molar-refractivity contribution in [3.05, 3.63) is 46.4 Å². The number of aromatic nitrogens is 3. The molecule has 3 heterocycles. The highest BCUT2D eigenvalue weighted by atomic mass is 16.5. The Kier molecular flexibility index (Phi) is 2.82. The second kappa shape index (κ2) is 4.82. The average Bonchev–Trinajstić information content (AvgIpc) is 3.18. The van der Waals surface area contributed by atoms with Gasteiger partial charge in [-0.3, -0.25) is 4.79 Å². The third-order valence-corrected chi connectivity index (χ3v) is 3.70. The first-order valence-corrected chi connectivity index (χ1v) is 6.85. The molecule has 1 aromatic carbocycles. The molecule has 0 bridgehead atoms. The van der Waals surface area contributed by atoms with Gasteiger partial charge in [-0.1, -0.05) is 17.3 Å². The number of hydrogen-bond donors (Lipinski definition) is 1. The molecule has 21 heavy (non-hydrogen) atoms. The van der Waals surface area contributed by atoms with Gasteiger partial charge in [-0.25, -0.2) is 0 Å². The Morgan fingerprint density at radius 3 is 3.05 bits per heavy atom.